The highest BCUT2D eigenvalue weighted by atomic mass is 35.5. The number of hydrogen-bond acceptors (Lipinski definition) is 2. The average Bonchev–Trinajstić information content (AvgIpc) is 2.44. The van der Waals surface area contributed by atoms with Crippen molar-refractivity contribution in [2.75, 3.05) is 6.54 Å². The maximum Gasteiger partial charge on any atom is 0.251 e. The Balaban J connectivity index is 1.88. The minimum absolute atomic E-state index is 0.192. The Morgan fingerprint density at radius 3 is 2.40 bits per heavy atom. The Hall–Kier alpha value is -1.71. The van der Waals surface area contributed by atoms with Gasteiger partial charge in [0, 0.05) is 12.1 Å². The zero-order valence-corrected chi connectivity index (χ0v) is 12.1. The summed E-state index contributed by atoms with van der Waals surface area (Å²) in [5.41, 5.74) is 1.52. The van der Waals surface area contributed by atoms with Crippen LogP contribution in [0.1, 0.15) is 15.9 Å². The Kier molecular flexibility index (Phi) is 4.88. The molecule has 1 amide bonds. The van der Waals surface area contributed by atoms with Gasteiger partial charge in [0.1, 0.15) is 5.75 Å². The van der Waals surface area contributed by atoms with E-state index >= 15 is 0 Å². The van der Waals surface area contributed by atoms with E-state index in [4.69, 9.17) is 23.2 Å². The Morgan fingerprint density at radius 1 is 1.05 bits per heavy atom. The summed E-state index contributed by atoms with van der Waals surface area (Å²) >= 11 is 11.7. The largest absolute Gasteiger partial charge is 0.508 e. The molecule has 0 fully saturated rings. The molecule has 0 spiro atoms. The van der Waals surface area contributed by atoms with Crippen LogP contribution in [0.5, 0.6) is 5.75 Å². The monoisotopic (exact) mass is 309 g/mol. The first kappa shape index (κ1) is 14.7. The zero-order valence-electron chi connectivity index (χ0n) is 10.6. The number of carbonyl (C=O) groups is 1. The van der Waals surface area contributed by atoms with Crippen LogP contribution in [0.3, 0.4) is 0 Å². The molecule has 2 N–H and O–H groups in total. The second kappa shape index (κ2) is 6.64. The van der Waals surface area contributed by atoms with Gasteiger partial charge in [-0.25, -0.2) is 0 Å². The van der Waals surface area contributed by atoms with Crippen molar-refractivity contribution in [3.8, 4) is 5.75 Å². The molecule has 0 unspecified atom stereocenters. The summed E-state index contributed by atoms with van der Waals surface area (Å²) in [7, 11) is 0. The predicted octanol–water partition coefficient (Wildman–Crippen LogP) is 3.67. The molecule has 104 valence electrons. The van der Waals surface area contributed by atoms with Crippen LogP contribution in [0.4, 0.5) is 0 Å². The van der Waals surface area contributed by atoms with Gasteiger partial charge in [-0.3, -0.25) is 4.79 Å². The Labute approximate surface area is 127 Å². The van der Waals surface area contributed by atoms with Gasteiger partial charge in [-0.2, -0.15) is 0 Å². The highest BCUT2D eigenvalue weighted by molar-refractivity contribution is 6.42. The first-order chi connectivity index (χ1) is 9.56. The molecule has 2 aromatic carbocycles. The van der Waals surface area contributed by atoms with Crippen LogP contribution in [0.2, 0.25) is 10.0 Å². The van der Waals surface area contributed by atoms with Gasteiger partial charge < -0.3 is 10.4 Å². The number of aromatic hydroxyl groups is 1. The number of hydrogen-bond donors (Lipinski definition) is 2. The van der Waals surface area contributed by atoms with Crippen molar-refractivity contribution in [1.29, 1.82) is 0 Å². The van der Waals surface area contributed by atoms with Crippen LogP contribution in [-0.2, 0) is 6.42 Å². The molecule has 2 rings (SSSR count). The van der Waals surface area contributed by atoms with E-state index in [9.17, 15) is 9.90 Å². The third kappa shape index (κ3) is 3.89. The first-order valence-corrected chi connectivity index (χ1v) is 6.83. The number of benzene rings is 2. The van der Waals surface area contributed by atoms with E-state index in [1.807, 2.05) is 12.1 Å². The smallest absolute Gasteiger partial charge is 0.251 e. The molecule has 0 aliphatic heterocycles. The normalized spacial score (nSPS) is 10.3. The second-order valence-electron chi connectivity index (χ2n) is 4.30. The average molecular weight is 310 g/mol. The maximum atomic E-state index is 11.9. The topological polar surface area (TPSA) is 49.3 Å². The molecule has 20 heavy (non-hydrogen) atoms. The van der Waals surface area contributed by atoms with Gasteiger partial charge in [0.15, 0.2) is 0 Å². The molecule has 0 saturated heterocycles. The van der Waals surface area contributed by atoms with E-state index in [-0.39, 0.29) is 11.7 Å². The molecule has 0 radical (unpaired) electrons. The summed E-state index contributed by atoms with van der Waals surface area (Å²) < 4.78 is 0. The van der Waals surface area contributed by atoms with Crippen LogP contribution in [0, 0.1) is 0 Å². The zero-order chi connectivity index (χ0) is 14.5. The van der Waals surface area contributed by atoms with Crippen molar-refractivity contribution in [3.05, 3.63) is 63.6 Å². The van der Waals surface area contributed by atoms with E-state index in [2.05, 4.69) is 5.32 Å². The third-order valence-corrected chi connectivity index (χ3v) is 3.56. The third-order valence-electron chi connectivity index (χ3n) is 2.82. The van der Waals surface area contributed by atoms with Crippen LogP contribution in [0.15, 0.2) is 42.5 Å². The van der Waals surface area contributed by atoms with E-state index in [1.165, 1.54) is 0 Å². The van der Waals surface area contributed by atoms with Gasteiger partial charge in [0.05, 0.1) is 10.0 Å². The fourth-order valence-electron chi connectivity index (χ4n) is 1.72. The van der Waals surface area contributed by atoms with Gasteiger partial charge >= 0.3 is 0 Å². The maximum absolute atomic E-state index is 11.9. The Bertz CT molecular complexity index is 612. The van der Waals surface area contributed by atoms with Gasteiger partial charge in [-0.1, -0.05) is 35.3 Å². The SMILES string of the molecule is O=C(NCCc1ccc(O)cc1)c1ccc(Cl)c(Cl)c1. The van der Waals surface area contributed by atoms with Crippen molar-refractivity contribution in [3.63, 3.8) is 0 Å². The Morgan fingerprint density at radius 2 is 1.75 bits per heavy atom. The molecule has 3 nitrogen and oxygen atoms in total. The molecule has 0 aromatic heterocycles. The lowest BCUT2D eigenvalue weighted by atomic mass is 10.1. The lowest BCUT2D eigenvalue weighted by Gasteiger charge is -2.06. The minimum Gasteiger partial charge on any atom is -0.508 e. The lowest BCUT2D eigenvalue weighted by Crippen LogP contribution is -2.25. The summed E-state index contributed by atoms with van der Waals surface area (Å²) in [6.07, 6.45) is 0.688. The molecular weight excluding hydrogens is 297 g/mol. The number of halogens is 2. The fraction of sp³-hybridized carbons (Fsp3) is 0.133. The van der Waals surface area contributed by atoms with E-state index in [0.717, 1.165) is 5.56 Å². The highest BCUT2D eigenvalue weighted by Crippen LogP contribution is 2.22. The van der Waals surface area contributed by atoms with E-state index < -0.39 is 0 Å². The molecule has 5 heteroatoms. The molecule has 0 atom stereocenters. The summed E-state index contributed by atoms with van der Waals surface area (Å²) in [5.74, 6) is 0.0379. The van der Waals surface area contributed by atoms with E-state index in [1.54, 1.807) is 30.3 Å². The number of nitrogens with one attached hydrogen (secondary N) is 1. The molecule has 0 heterocycles. The molecular formula is C15H13Cl2NO2. The van der Waals surface area contributed by atoms with Crippen molar-refractivity contribution < 1.29 is 9.90 Å². The second-order valence-corrected chi connectivity index (χ2v) is 5.12. The summed E-state index contributed by atoms with van der Waals surface area (Å²) in [6, 6.07) is 11.6. The number of phenols is 1. The predicted molar refractivity (Wildman–Crippen MR) is 80.6 cm³/mol. The number of amides is 1. The summed E-state index contributed by atoms with van der Waals surface area (Å²) in [5, 5.41) is 12.8. The minimum atomic E-state index is -0.192. The quantitative estimate of drug-likeness (QED) is 0.905. The van der Waals surface area contributed by atoms with Crippen LogP contribution in [0.25, 0.3) is 0 Å². The number of phenolic OH excluding ortho intramolecular Hbond substituents is 1. The molecule has 0 aliphatic carbocycles. The highest BCUT2D eigenvalue weighted by Gasteiger charge is 2.07. The fourth-order valence-corrected chi connectivity index (χ4v) is 2.02. The lowest BCUT2D eigenvalue weighted by molar-refractivity contribution is 0.0954. The molecule has 0 aliphatic rings. The van der Waals surface area contributed by atoms with Crippen molar-refractivity contribution >= 4 is 29.1 Å². The molecule has 2 aromatic rings. The van der Waals surface area contributed by atoms with Crippen molar-refractivity contribution in [1.82, 2.24) is 5.32 Å². The van der Waals surface area contributed by atoms with Crippen molar-refractivity contribution in [2.45, 2.75) is 6.42 Å². The van der Waals surface area contributed by atoms with Crippen LogP contribution >= 0.6 is 23.2 Å². The van der Waals surface area contributed by atoms with Crippen LogP contribution < -0.4 is 5.32 Å². The molecule has 0 saturated carbocycles. The van der Waals surface area contributed by atoms with Crippen molar-refractivity contribution in [2.24, 2.45) is 0 Å². The molecule has 0 bridgehead atoms. The first-order valence-electron chi connectivity index (χ1n) is 6.07. The van der Waals surface area contributed by atoms with Gasteiger partial charge in [0.2, 0.25) is 0 Å². The number of rotatable bonds is 4. The van der Waals surface area contributed by atoms with Gasteiger partial charge in [0.25, 0.3) is 5.91 Å². The summed E-state index contributed by atoms with van der Waals surface area (Å²) in [6.45, 7) is 0.504. The van der Waals surface area contributed by atoms with Gasteiger partial charge in [-0.05, 0) is 42.3 Å². The number of carbonyl (C=O) groups excluding carboxylic acids is 1. The standard InChI is InChI=1S/C15H13Cl2NO2/c16-13-6-3-11(9-14(13)17)15(20)18-8-7-10-1-4-12(19)5-2-10/h1-6,9,19H,7-8H2,(H,18,20). The van der Waals surface area contributed by atoms with Crippen LogP contribution in [-0.4, -0.2) is 17.6 Å². The van der Waals surface area contributed by atoms with E-state index in [0.29, 0.717) is 28.6 Å². The summed E-state index contributed by atoms with van der Waals surface area (Å²) in [4.78, 5) is 11.9. The van der Waals surface area contributed by atoms with Gasteiger partial charge in [-0.15, -0.1) is 0 Å².